The van der Waals surface area contributed by atoms with Crippen molar-refractivity contribution in [3.63, 3.8) is 0 Å². The molecule has 0 saturated carbocycles. The van der Waals surface area contributed by atoms with Crippen molar-refractivity contribution >= 4 is 11.8 Å². The molecule has 16 heavy (non-hydrogen) atoms. The third-order valence-electron chi connectivity index (χ3n) is 2.12. The van der Waals surface area contributed by atoms with E-state index in [0.29, 0.717) is 0 Å². The van der Waals surface area contributed by atoms with Crippen LogP contribution in [0.25, 0.3) is 6.08 Å². The summed E-state index contributed by atoms with van der Waals surface area (Å²) in [6.07, 6.45) is 3.58. The van der Waals surface area contributed by atoms with E-state index in [1.165, 1.54) is 6.08 Å². The van der Waals surface area contributed by atoms with E-state index in [1.54, 1.807) is 6.08 Å². The fourth-order valence-electron chi connectivity index (χ4n) is 1.29. The molecule has 86 valence electrons. The Bertz CT molecular complexity index is 377. The first-order chi connectivity index (χ1) is 7.61. The SMILES string of the molecule is CNc1ccc(/C=C(C)/C=C/C(O)O)cc1. The highest BCUT2D eigenvalue weighted by Crippen LogP contribution is 2.12. The van der Waals surface area contributed by atoms with Crippen molar-refractivity contribution in [3.05, 3.63) is 47.6 Å². The molecule has 0 aliphatic heterocycles. The highest BCUT2D eigenvalue weighted by Gasteiger charge is 1.91. The number of aliphatic hydroxyl groups excluding tert-OH is 1. The minimum Gasteiger partial charge on any atom is -0.388 e. The van der Waals surface area contributed by atoms with Gasteiger partial charge in [-0.3, -0.25) is 0 Å². The van der Waals surface area contributed by atoms with E-state index in [-0.39, 0.29) is 0 Å². The Morgan fingerprint density at radius 3 is 2.38 bits per heavy atom. The number of anilines is 1. The second-order valence-electron chi connectivity index (χ2n) is 3.53. The van der Waals surface area contributed by atoms with Crippen LogP contribution in [0, 0.1) is 0 Å². The predicted octanol–water partition coefficient (Wildman–Crippen LogP) is 2.00. The van der Waals surface area contributed by atoms with Crippen molar-refractivity contribution < 1.29 is 10.2 Å². The molecular weight excluding hydrogens is 202 g/mol. The molecule has 3 N–H and O–H groups in total. The van der Waals surface area contributed by atoms with Crippen molar-refractivity contribution in [2.45, 2.75) is 13.2 Å². The summed E-state index contributed by atoms with van der Waals surface area (Å²) in [6, 6.07) is 7.98. The maximum atomic E-state index is 8.67. The Kier molecular flexibility index (Phi) is 4.76. The van der Waals surface area contributed by atoms with Crippen LogP contribution in [-0.4, -0.2) is 23.6 Å². The van der Waals surface area contributed by atoms with Crippen molar-refractivity contribution in [1.82, 2.24) is 0 Å². The second-order valence-corrected chi connectivity index (χ2v) is 3.53. The van der Waals surface area contributed by atoms with Gasteiger partial charge in [-0.25, -0.2) is 0 Å². The van der Waals surface area contributed by atoms with Gasteiger partial charge in [0, 0.05) is 12.7 Å². The molecule has 1 aromatic rings. The van der Waals surface area contributed by atoms with E-state index >= 15 is 0 Å². The van der Waals surface area contributed by atoms with Crippen LogP contribution in [0.3, 0.4) is 0 Å². The molecule has 0 aromatic heterocycles. The van der Waals surface area contributed by atoms with Crippen LogP contribution >= 0.6 is 0 Å². The minimum atomic E-state index is -1.39. The number of nitrogens with one attached hydrogen (secondary N) is 1. The number of hydrogen-bond donors (Lipinski definition) is 3. The highest BCUT2D eigenvalue weighted by atomic mass is 16.5. The van der Waals surface area contributed by atoms with Crippen LogP contribution in [-0.2, 0) is 0 Å². The molecule has 0 unspecified atom stereocenters. The lowest BCUT2D eigenvalue weighted by atomic mass is 10.1. The summed E-state index contributed by atoms with van der Waals surface area (Å²) in [5, 5.41) is 20.4. The van der Waals surface area contributed by atoms with Crippen LogP contribution < -0.4 is 5.32 Å². The molecule has 0 fully saturated rings. The average molecular weight is 219 g/mol. The van der Waals surface area contributed by atoms with Gasteiger partial charge in [-0.05, 0) is 30.7 Å². The molecule has 1 aromatic carbocycles. The average Bonchev–Trinajstić information content (AvgIpc) is 2.27. The van der Waals surface area contributed by atoms with Crippen molar-refractivity contribution in [2.24, 2.45) is 0 Å². The van der Waals surface area contributed by atoms with E-state index in [9.17, 15) is 0 Å². The molecule has 0 heterocycles. The number of aliphatic hydroxyl groups is 2. The summed E-state index contributed by atoms with van der Waals surface area (Å²) in [7, 11) is 1.88. The summed E-state index contributed by atoms with van der Waals surface area (Å²) >= 11 is 0. The van der Waals surface area contributed by atoms with Crippen LogP contribution in [0.15, 0.2) is 42.0 Å². The molecule has 0 spiro atoms. The normalized spacial score (nSPS) is 12.4. The first-order valence-corrected chi connectivity index (χ1v) is 5.12. The summed E-state index contributed by atoms with van der Waals surface area (Å²) in [4.78, 5) is 0. The van der Waals surface area contributed by atoms with E-state index in [1.807, 2.05) is 44.3 Å². The molecule has 0 aliphatic rings. The predicted molar refractivity (Wildman–Crippen MR) is 67.0 cm³/mol. The fourth-order valence-corrected chi connectivity index (χ4v) is 1.29. The molecule has 0 amide bonds. The van der Waals surface area contributed by atoms with Gasteiger partial charge in [-0.1, -0.05) is 29.9 Å². The molecule has 3 nitrogen and oxygen atoms in total. The van der Waals surface area contributed by atoms with Gasteiger partial charge >= 0.3 is 0 Å². The maximum Gasteiger partial charge on any atom is 0.171 e. The van der Waals surface area contributed by atoms with Crippen molar-refractivity contribution in [3.8, 4) is 0 Å². The van der Waals surface area contributed by atoms with Gasteiger partial charge in [-0.2, -0.15) is 0 Å². The van der Waals surface area contributed by atoms with Crippen LogP contribution in [0.2, 0.25) is 0 Å². The highest BCUT2D eigenvalue weighted by molar-refractivity contribution is 5.58. The largest absolute Gasteiger partial charge is 0.388 e. The van der Waals surface area contributed by atoms with Gasteiger partial charge in [0.2, 0.25) is 0 Å². The standard InChI is InChI=1S/C13H17NO2/c1-10(3-8-13(15)16)9-11-4-6-12(14-2)7-5-11/h3-9,13-16H,1-2H3/b8-3+,10-9+. The zero-order chi connectivity index (χ0) is 12.0. The summed E-state index contributed by atoms with van der Waals surface area (Å²) in [6.45, 7) is 1.91. The van der Waals surface area contributed by atoms with Gasteiger partial charge in [0.05, 0.1) is 0 Å². The molecule has 0 saturated heterocycles. The van der Waals surface area contributed by atoms with Crippen LogP contribution in [0.1, 0.15) is 12.5 Å². The molecule has 0 atom stereocenters. The number of benzene rings is 1. The molecule has 1 rings (SSSR count). The van der Waals surface area contributed by atoms with Gasteiger partial charge in [0.1, 0.15) is 0 Å². The lowest BCUT2D eigenvalue weighted by molar-refractivity contribution is 0.00234. The molecule has 0 bridgehead atoms. The van der Waals surface area contributed by atoms with Crippen LogP contribution in [0.4, 0.5) is 5.69 Å². The maximum absolute atomic E-state index is 8.67. The first-order valence-electron chi connectivity index (χ1n) is 5.12. The number of rotatable bonds is 4. The van der Waals surface area contributed by atoms with E-state index in [2.05, 4.69) is 5.32 Å². The minimum absolute atomic E-state index is 0.963. The van der Waals surface area contributed by atoms with Crippen LogP contribution in [0.5, 0.6) is 0 Å². The lowest BCUT2D eigenvalue weighted by Gasteiger charge is -2.00. The third kappa shape index (κ3) is 4.29. The Labute approximate surface area is 95.7 Å². The van der Waals surface area contributed by atoms with Crippen molar-refractivity contribution in [2.75, 3.05) is 12.4 Å². The van der Waals surface area contributed by atoms with Gasteiger partial charge in [-0.15, -0.1) is 0 Å². The third-order valence-corrected chi connectivity index (χ3v) is 2.12. The van der Waals surface area contributed by atoms with E-state index in [0.717, 1.165) is 16.8 Å². The Balaban J connectivity index is 2.74. The Morgan fingerprint density at radius 1 is 1.25 bits per heavy atom. The molecular formula is C13H17NO2. The topological polar surface area (TPSA) is 52.5 Å². The smallest absolute Gasteiger partial charge is 0.171 e. The molecule has 0 aliphatic carbocycles. The van der Waals surface area contributed by atoms with Gasteiger partial charge in [0.15, 0.2) is 6.29 Å². The summed E-state index contributed by atoms with van der Waals surface area (Å²) < 4.78 is 0. The summed E-state index contributed by atoms with van der Waals surface area (Å²) in [5.41, 5.74) is 3.11. The zero-order valence-corrected chi connectivity index (χ0v) is 9.51. The fraction of sp³-hybridized carbons (Fsp3) is 0.231. The molecule has 0 radical (unpaired) electrons. The molecule has 3 heteroatoms. The Morgan fingerprint density at radius 2 is 1.88 bits per heavy atom. The zero-order valence-electron chi connectivity index (χ0n) is 9.51. The second kappa shape index (κ2) is 6.10. The quantitative estimate of drug-likeness (QED) is 0.536. The van der Waals surface area contributed by atoms with E-state index < -0.39 is 6.29 Å². The Hall–Kier alpha value is -1.58. The number of allylic oxidation sites excluding steroid dienone is 2. The van der Waals surface area contributed by atoms with Gasteiger partial charge in [0.25, 0.3) is 0 Å². The summed E-state index contributed by atoms with van der Waals surface area (Å²) in [5.74, 6) is 0. The van der Waals surface area contributed by atoms with Gasteiger partial charge < -0.3 is 15.5 Å². The lowest BCUT2D eigenvalue weighted by Crippen LogP contribution is -1.97. The first kappa shape index (κ1) is 12.5. The van der Waals surface area contributed by atoms with Crippen molar-refractivity contribution in [1.29, 1.82) is 0 Å². The monoisotopic (exact) mass is 219 g/mol. The number of hydrogen-bond acceptors (Lipinski definition) is 3. The van der Waals surface area contributed by atoms with E-state index in [4.69, 9.17) is 10.2 Å².